The molecule has 0 saturated carbocycles. The van der Waals surface area contributed by atoms with Crippen molar-refractivity contribution in [1.82, 2.24) is 8.87 Å². The number of aryl methyl sites for hydroxylation is 1. The van der Waals surface area contributed by atoms with E-state index in [0.29, 0.717) is 35.1 Å². The van der Waals surface area contributed by atoms with Crippen LogP contribution >= 0.6 is 11.3 Å². The van der Waals surface area contributed by atoms with Gasteiger partial charge in [-0.25, -0.2) is 8.42 Å². The van der Waals surface area contributed by atoms with E-state index >= 15 is 0 Å². The molecule has 0 unspecified atom stereocenters. The molecule has 4 rings (SSSR count). The van der Waals surface area contributed by atoms with Crippen molar-refractivity contribution in [2.75, 3.05) is 13.1 Å². The minimum absolute atomic E-state index is 0.0183. The number of nitro groups is 1. The van der Waals surface area contributed by atoms with Gasteiger partial charge in [-0.1, -0.05) is 25.2 Å². The van der Waals surface area contributed by atoms with Gasteiger partial charge in [0.1, 0.15) is 0 Å². The van der Waals surface area contributed by atoms with Crippen molar-refractivity contribution in [1.29, 1.82) is 0 Å². The van der Waals surface area contributed by atoms with Crippen LogP contribution in [0.3, 0.4) is 0 Å². The summed E-state index contributed by atoms with van der Waals surface area (Å²) in [4.78, 5) is 28.4. The van der Waals surface area contributed by atoms with Crippen molar-refractivity contribution in [3.63, 3.8) is 0 Å². The number of nitro benzene ring substituents is 1. The van der Waals surface area contributed by atoms with Gasteiger partial charge in [-0.05, 0) is 55.5 Å². The molecule has 1 fully saturated rings. The second-order valence-corrected chi connectivity index (χ2v) is 11.4. The third-order valence-corrected chi connectivity index (χ3v) is 8.96. The van der Waals surface area contributed by atoms with E-state index in [-0.39, 0.29) is 16.1 Å². The Morgan fingerprint density at radius 2 is 1.85 bits per heavy atom. The van der Waals surface area contributed by atoms with Crippen molar-refractivity contribution in [2.24, 2.45) is 10.9 Å². The summed E-state index contributed by atoms with van der Waals surface area (Å²) in [5.74, 6) is 0.0187. The van der Waals surface area contributed by atoms with E-state index in [1.807, 2.05) is 11.5 Å². The molecule has 11 heteroatoms. The third-order valence-electron chi connectivity index (χ3n) is 6.00. The normalized spacial score (nSPS) is 16.2. The smallest absolute Gasteiger partial charge is 0.279 e. The molecule has 0 atom stereocenters. The number of fused-ring (bicyclic) bond motifs is 1. The molecule has 9 nitrogen and oxygen atoms in total. The average molecular weight is 503 g/mol. The Bertz CT molecular complexity index is 1400. The molecule has 34 heavy (non-hydrogen) atoms. The highest BCUT2D eigenvalue weighted by Crippen LogP contribution is 2.25. The summed E-state index contributed by atoms with van der Waals surface area (Å²) in [6.07, 6.45) is 2.47. The Labute approximate surface area is 201 Å². The molecule has 2 aromatic carbocycles. The number of non-ortho nitro benzene ring substituents is 1. The van der Waals surface area contributed by atoms with Gasteiger partial charge in [0.05, 0.1) is 20.0 Å². The second-order valence-electron chi connectivity index (χ2n) is 8.47. The maximum Gasteiger partial charge on any atom is 0.279 e. The molecule has 1 aliphatic rings. The minimum Gasteiger partial charge on any atom is -0.316 e. The van der Waals surface area contributed by atoms with E-state index in [1.165, 1.54) is 52.0 Å². The summed E-state index contributed by atoms with van der Waals surface area (Å²) < 4.78 is 29.9. The largest absolute Gasteiger partial charge is 0.316 e. The number of piperidine rings is 1. The van der Waals surface area contributed by atoms with Gasteiger partial charge in [0.2, 0.25) is 10.0 Å². The molecule has 1 saturated heterocycles. The highest BCUT2D eigenvalue weighted by molar-refractivity contribution is 7.89. The van der Waals surface area contributed by atoms with Crippen molar-refractivity contribution in [2.45, 2.75) is 44.6 Å². The van der Waals surface area contributed by atoms with Crippen LogP contribution in [0.4, 0.5) is 5.69 Å². The van der Waals surface area contributed by atoms with E-state index in [2.05, 4.69) is 11.9 Å². The van der Waals surface area contributed by atoms with E-state index in [1.54, 1.807) is 6.07 Å². The first-order chi connectivity index (χ1) is 16.2. The van der Waals surface area contributed by atoms with Crippen LogP contribution in [0, 0.1) is 16.0 Å². The topological polar surface area (TPSA) is 115 Å². The third kappa shape index (κ3) is 4.82. The maximum atomic E-state index is 12.9. The second kappa shape index (κ2) is 9.77. The molecular formula is C23H26N4O5S2. The number of carbonyl (C=O) groups is 1. The van der Waals surface area contributed by atoms with Crippen LogP contribution in [0.1, 0.15) is 43.5 Å². The Morgan fingerprint density at radius 1 is 1.18 bits per heavy atom. The highest BCUT2D eigenvalue weighted by atomic mass is 32.2. The van der Waals surface area contributed by atoms with Gasteiger partial charge < -0.3 is 4.57 Å². The lowest BCUT2D eigenvalue weighted by Crippen LogP contribution is -2.37. The summed E-state index contributed by atoms with van der Waals surface area (Å²) in [6.45, 7) is 5.73. The summed E-state index contributed by atoms with van der Waals surface area (Å²) in [5.41, 5.74) is 1.04. The van der Waals surface area contributed by atoms with E-state index in [0.717, 1.165) is 24.8 Å². The molecule has 0 N–H and O–H groups in total. The molecule has 180 valence electrons. The molecule has 3 aromatic rings. The lowest BCUT2D eigenvalue weighted by atomic mass is 10.0. The van der Waals surface area contributed by atoms with Crippen LogP contribution in [-0.2, 0) is 16.6 Å². The number of carbonyl (C=O) groups excluding carboxylic acids is 1. The maximum absolute atomic E-state index is 12.9. The molecule has 1 aromatic heterocycles. The standard InChI is InChI=1S/C23H26N4O5S2/c1-3-12-26-20-9-6-18(27(29)30)15-21(20)33-23(26)24-22(28)17-4-7-19(8-5-17)34(31,32)25-13-10-16(2)11-14-25/h4-9,15-16H,3,10-14H2,1-2H3. The molecule has 0 aliphatic carbocycles. The van der Waals surface area contributed by atoms with Crippen LogP contribution < -0.4 is 4.80 Å². The number of hydrogen-bond acceptors (Lipinski definition) is 6. The van der Waals surface area contributed by atoms with Crippen LogP contribution in [0.2, 0.25) is 0 Å². The van der Waals surface area contributed by atoms with Gasteiger partial charge in [0.25, 0.3) is 11.6 Å². The summed E-state index contributed by atoms with van der Waals surface area (Å²) in [6, 6.07) is 10.5. The number of hydrogen-bond donors (Lipinski definition) is 0. The number of aromatic nitrogens is 1. The Balaban J connectivity index is 1.64. The first kappa shape index (κ1) is 24.2. The number of thiazole rings is 1. The molecule has 2 heterocycles. The predicted octanol–water partition coefficient (Wildman–Crippen LogP) is 4.18. The van der Waals surface area contributed by atoms with Crippen LogP contribution in [0.15, 0.2) is 52.4 Å². The van der Waals surface area contributed by atoms with Gasteiger partial charge in [0.15, 0.2) is 4.80 Å². The van der Waals surface area contributed by atoms with E-state index in [4.69, 9.17) is 0 Å². The zero-order chi connectivity index (χ0) is 24.5. The van der Waals surface area contributed by atoms with Crippen LogP contribution in [-0.4, -0.2) is 41.2 Å². The first-order valence-corrected chi connectivity index (χ1v) is 13.4. The zero-order valence-corrected chi connectivity index (χ0v) is 20.6. The Hall–Kier alpha value is -2.89. The number of amides is 1. The fraction of sp³-hybridized carbons (Fsp3) is 0.391. The van der Waals surface area contributed by atoms with Gasteiger partial charge in [-0.2, -0.15) is 9.30 Å². The predicted molar refractivity (Wildman–Crippen MR) is 130 cm³/mol. The average Bonchev–Trinajstić information content (AvgIpc) is 3.15. The SMILES string of the molecule is CCCn1c(=NC(=O)c2ccc(S(=O)(=O)N3CCC(C)CC3)cc2)sc2cc([N+](=O)[O-])ccc21. The van der Waals surface area contributed by atoms with Gasteiger partial charge in [0, 0.05) is 37.3 Å². The van der Waals surface area contributed by atoms with Crippen molar-refractivity contribution in [3.8, 4) is 0 Å². The fourth-order valence-corrected chi connectivity index (χ4v) is 6.55. The van der Waals surface area contributed by atoms with Crippen molar-refractivity contribution < 1.29 is 18.1 Å². The van der Waals surface area contributed by atoms with Crippen LogP contribution in [0.5, 0.6) is 0 Å². The molecular weight excluding hydrogens is 476 g/mol. The zero-order valence-electron chi connectivity index (χ0n) is 19.0. The molecule has 0 bridgehead atoms. The van der Waals surface area contributed by atoms with Gasteiger partial charge in [-0.15, -0.1) is 0 Å². The van der Waals surface area contributed by atoms with E-state index in [9.17, 15) is 23.3 Å². The van der Waals surface area contributed by atoms with Crippen molar-refractivity contribution >= 4 is 43.2 Å². The molecule has 1 amide bonds. The minimum atomic E-state index is -3.60. The Morgan fingerprint density at radius 3 is 2.47 bits per heavy atom. The summed E-state index contributed by atoms with van der Waals surface area (Å²) in [5, 5.41) is 11.1. The number of sulfonamides is 1. The lowest BCUT2D eigenvalue weighted by Gasteiger charge is -2.29. The van der Waals surface area contributed by atoms with Crippen LogP contribution in [0.25, 0.3) is 10.2 Å². The number of rotatable bonds is 6. The first-order valence-electron chi connectivity index (χ1n) is 11.2. The van der Waals surface area contributed by atoms with Crippen molar-refractivity contribution in [3.05, 3.63) is 62.9 Å². The van der Waals surface area contributed by atoms with Gasteiger partial charge >= 0.3 is 0 Å². The molecule has 0 spiro atoms. The van der Waals surface area contributed by atoms with E-state index < -0.39 is 20.9 Å². The fourth-order valence-electron chi connectivity index (χ4n) is 4.00. The Kier molecular flexibility index (Phi) is 6.96. The quantitative estimate of drug-likeness (QED) is 0.370. The molecule has 0 radical (unpaired) electrons. The summed E-state index contributed by atoms with van der Waals surface area (Å²) >= 11 is 1.21. The number of benzene rings is 2. The molecule has 1 aliphatic heterocycles. The monoisotopic (exact) mass is 502 g/mol. The van der Waals surface area contributed by atoms with Gasteiger partial charge in [-0.3, -0.25) is 14.9 Å². The summed E-state index contributed by atoms with van der Waals surface area (Å²) in [7, 11) is -3.60. The number of nitrogens with zero attached hydrogens (tertiary/aromatic N) is 4. The highest BCUT2D eigenvalue weighted by Gasteiger charge is 2.28. The lowest BCUT2D eigenvalue weighted by molar-refractivity contribution is -0.384.